The molecule has 0 aliphatic heterocycles. The Bertz CT molecular complexity index is 329. The van der Waals surface area contributed by atoms with Crippen LogP contribution in [0.1, 0.15) is 40.5 Å². The van der Waals surface area contributed by atoms with Crippen molar-refractivity contribution in [2.24, 2.45) is 5.92 Å². The third-order valence-corrected chi connectivity index (χ3v) is 2.81. The lowest BCUT2D eigenvalue weighted by molar-refractivity contribution is -0.149. The highest BCUT2D eigenvalue weighted by Crippen LogP contribution is 2.09. The van der Waals surface area contributed by atoms with E-state index in [1.807, 2.05) is 13.8 Å². The van der Waals surface area contributed by atoms with Crippen LogP contribution < -0.4 is 5.32 Å². The molecular weight excluding hydrogens is 248 g/mol. The fourth-order valence-corrected chi connectivity index (χ4v) is 1.58. The van der Waals surface area contributed by atoms with Gasteiger partial charge in [-0.25, -0.2) is 4.79 Å². The van der Waals surface area contributed by atoms with Crippen molar-refractivity contribution >= 4 is 17.8 Å². The van der Waals surface area contributed by atoms with Crippen LogP contribution in [0.4, 0.5) is 0 Å². The first-order valence-corrected chi connectivity index (χ1v) is 6.52. The summed E-state index contributed by atoms with van der Waals surface area (Å²) in [6.07, 6.45) is 1.05. The molecule has 19 heavy (non-hydrogen) atoms. The van der Waals surface area contributed by atoms with Gasteiger partial charge < -0.3 is 15.3 Å². The Morgan fingerprint density at radius 3 is 2.21 bits per heavy atom. The topological polar surface area (TPSA) is 86.7 Å². The highest BCUT2D eigenvalue weighted by molar-refractivity contribution is 5.83. The molecule has 0 saturated heterocycles. The Morgan fingerprint density at radius 1 is 1.21 bits per heavy atom. The van der Waals surface area contributed by atoms with Gasteiger partial charge >= 0.3 is 5.97 Å². The largest absolute Gasteiger partial charge is 0.480 e. The second-order valence-corrected chi connectivity index (χ2v) is 5.02. The average Bonchev–Trinajstić information content (AvgIpc) is 2.30. The molecule has 0 saturated carbocycles. The summed E-state index contributed by atoms with van der Waals surface area (Å²) in [5.41, 5.74) is 0. The van der Waals surface area contributed by atoms with Gasteiger partial charge in [0, 0.05) is 26.4 Å². The van der Waals surface area contributed by atoms with E-state index in [1.165, 1.54) is 18.7 Å². The maximum absolute atomic E-state index is 12.0. The van der Waals surface area contributed by atoms with E-state index in [0.717, 1.165) is 6.42 Å². The first-order valence-electron chi connectivity index (χ1n) is 6.52. The fourth-order valence-electron chi connectivity index (χ4n) is 1.58. The smallest absolute Gasteiger partial charge is 0.326 e. The standard InChI is InChI=1S/C13H24N2O4/c1-9(2)5-6-12(17)15(10(3)13(18)19)8-7-14-11(4)16/h9-10H,5-8H2,1-4H3,(H,14,16)(H,18,19). The monoisotopic (exact) mass is 272 g/mol. The van der Waals surface area contributed by atoms with Crippen LogP contribution in [0.3, 0.4) is 0 Å². The van der Waals surface area contributed by atoms with Gasteiger partial charge in [0.05, 0.1) is 0 Å². The third kappa shape index (κ3) is 7.43. The summed E-state index contributed by atoms with van der Waals surface area (Å²) in [6, 6.07) is -0.881. The Kier molecular flexibility index (Phi) is 7.79. The number of nitrogens with zero attached hydrogens (tertiary/aromatic N) is 1. The zero-order valence-electron chi connectivity index (χ0n) is 12.1. The number of hydrogen-bond acceptors (Lipinski definition) is 3. The molecule has 0 aliphatic rings. The van der Waals surface area contributed by atoms with E-state index in [2.05, 4.69) is 5.32 Å². The Balaban J connectivity index is 4.52. The average molecular weight is 272 g/mol. The van der Waals surface area contributed by atoms with Gasteiger partial charge in [0.2, 0.25) is 11.8 Å². The van der Waals surface area contributed by atoms with E-state index < -0.39 is 12.0 Å². The van der Waals surface area contributed by atoms with Crippen molar-refractivity contribution in [3.05, 3.63) is 0 Å². The van der Waals surface area contributed by atoms with Crippen LogP contribution in [-0.2, 0) is 14.4 Å². The predicted molar refractivity (Wildman–Crippen MR) is 71.6 cm³/mol. The molecule has 6 heteroatoms. The predicted octanol–water partition coefficient (Wildman–Crippen LogP) is 0.860. The number of carbonyl (C=O) groups excluding carboxylic acids is 2. The molecule has 1 unspecified atom stereocenters. The highest BCUT2D eigenvalue weighted by Gasteiger charge is 2.24. The quantitative estimate of drug-likeness (QED) is 0.686. The maximum atomic E-state index is 12.0. The van der Waals surface area contributed by atoms with Crippen LogP contribution in [0, 0.1) is 5.92 Å². The van der Waals surface area contributed by atoms with E-state index >= 15 is 0 Å². The maximum Gasteiger partial charge on any atom is 0.326 e. The molecule has 2 amide bonds. The molecule has 0 aromatic carbocycles. The number of aliphatic carboxylic acids is 1. The number of carbonyl (C=O) groups is 3. The summed E-state index contributed by atoms with van der Waals surface area (Å²) in [5, 5.41) is 11.6. The van der Waals surface area contributed by atoms with E-state index in [4.69, 9.17) is 5.11 Å². The normalized spacial score (nSPS) is 12.1. The summed E-state index contributed by atoms with van der Waals surface area (Å²) in [4.78, 5) is 35.1. The summed E-state index contributed by atoms with van der Waals surface area (Å²) in [5.74, 6) is -1.03. The second kappa shape index (κ2) is 8.50. The molecule has 0 aromatic heterocycles. The van der Waals surface area contributed by atoms with Crippen LogP contribution in [-0.4, -0.2) is 46.9 Å². The van der Waals surface area contributed by atoms with Crippen LogP contribution in [0.2, 0.25) is 0 Å². The number of rotatable bonds is 8. The first-order chi connectivity index (χ1) is 8.75. The lowest BCUT2D eigenvalue weighted by Gasteiger charge is -2.27. The molecule has 0 heterocycles. The van der Waals surface area contributed by atoms with Crippen molar-refractivity contribution in [1.82, 2.24) is 10.2 Å². The minimum Gasteiger partial charge on any atom is -0.480 e. The van der Waals surface area contributed by atoms with E-state index in [0.29, 0.717) is 12.3 Å². The minimum absolute atomic E-state index is 0.186. The number of carboxylic acid groups (broad SMARTS) is 1. The van der Waals surface area contributed by atoms with E-state index in [1.54, 1.807) is 0 Å². The van der Waals surface area contributed by atoms with Crippen molar-refractivity contribution in [2.75, 3.05) is 13.1 Å². The van der Waals surface area contributed by atoms with Crippen molar-refractivity contribution < 1.29 is 19.5 Å². The van der Waals surface area contributed by atoms with Crippen molar-refractivity contribution in [2.45, 2.75) is 46.6 Å². The van der Waals surface area contributed by atoms with Gasteiger partial charge in [0.25, 0.3) is 0 Å². The molecule has 0 aliphatic carbocycles. The van der Waals surface area contributed by atoms with Gasteiger partial charge in [-0.1, -0.05) is 13.8 Å². The summed E-state index contributed by atoms with van der Waals surface area (Å²) in [7, 11) is 0. The summed E-state index contributed by atoms with van der Waals surface area (Å²) >= 11 is 0. The van der Waals surface area contributed by atoms with Gasteiger partial charge in [-0.15, -0.1) is 0 Å². The fraction of sp³-hybridized carbons (Fsp3) is 0.769. The zero-order chi connectivity index (χ0) is 15.0. The number of amides is 2. The van der Waals surface area contributed by atoms with Crippen molar-refractivity contribution in [3.63, 3.8) is 0 Å². The van der Waals surface area contributed by atoms with Gasteiger partial charge in [-0.3, -0.25) is 9.59 Å². The highest BCUT2D eigenvalue weighted by atomic mass is 16.4. The molecule has 6 nitrogen and oxygen atoms in total. The molecule has 1 atom stereocenters. The third-order valence-electron chi connectivity index (χ3n) is 2.81. The summed E-state index contributed by atoms with van der Waals surface area (Å²) < 4.78 is 0. The van der Waals surface area contributed by atoms with Gasteiger partial charge in [-0.2, -0.15) is 0 Å². The van der Waals surface area contributed by atoms with Crippen LogP contribution in [0.15, 0.2) is 0 Å². The van der Waals surface area contributed by atoms with Gasteiger partial charge in [0.15, 0.2) is 0 Å². The van der Waals surface area contributed by atoms with E-state index in [-0.39, 0.29) is 24.9 Å². The Hall–Kier alpha value is -1.59. The lowest BCUT2D eigenvalue weighted by Crippen LogP contribution is -2.46. The molecule has 0 spiro atoms. The van der Waals surface area contributed by atoms with Gasteiger partial charge in [0.1, 0.15) is 6.04 Å². The number of carboxylic acids is 1. The molecule has 0 radical (unpaired) electrons. The molecule has 110 valence electrons. The molecular formula is C13H24N2O4. The molecule has 0 rings (SSSR count). The number of hydrogen-bond donors (Lipinski definition) is 2. The van der Waals surface area contributed by atoms with Crippen molar-refractivity contribution in [1.29, 1.82) is 0 Å². The lowest BCUT2D eigenvalue weighted by atomic mass is 10.1. The minimum atomic E-state index is -1.04. The molecule has 0 fully saturated rings. The molecule has 0 bridgehead atoms. The SMILES string of the molecule is CC(=O)NCCN(C(=O)CCC(C)C)C(C)C(=O)O. The Morgan fingerprint density at radius 2 is 1.79 bits per heavy atom. The second-order valence-electron chi connectivity index (χ2n) is 5.02. The Labute approximate surface area is 114 Å². The summed E-state index contributed by atoms with van der Waals surface area (Å²) in [6.45, 7) is 7.35. The van der Waals surface area contributed by atoms with Gasteiger partial charge in [-0.05, 0) is 19.3 Å². The number of nitrogens with one attached hydrogen (secondary N) is 1. The van der Waals surface area contributed by atoms with Crippen molar-refractivity contribution in [3.8, 4) is 0 Å². The van der Waals surface area contributed by atoms with Crippen LogP contribution in [0.5, 0.6) is 0 Å². The molecule has 2 N–H and O–H groups in total. The van der Waals surface area contributed by atoms with Crippen LogP contribution in [0.25, 0.3) is 0 Å². The van der Waals surface area contributed by atoms with Crippen LogP contribution >= 0.6 is 0 Å². The zero-order valence-corrected chi connectivity index (χ0v) is 12.1. The molecule has 0 aromatic rings. The van der Waals surface area contributed by atoms with E-state index in [9.17, 15) is 14.4 Å². The first kappa shape index (κ1) is 17.4.